The molecule has 1 saturated heterocycles. The van der Waals surface area contributed by atoms with Crippen LogP contribution in [0.3, 0.4) is 0 Å². The number of non-ortho nitro benzene ring substituents is 1. The van der Waals surface area contributed by atoms with Crippen LogP contribution in [0.4, 0.5) is 17.1 Å². The zero-order chi connectivity index (χ0) is 14.0. The lowest BCUT2D eigenvalue weighted by atomic mass is 10.2. The molecule has 0 amide bonds. The molecule has 0 radical (unpaired) electrons. The fourth-order valence-corrected chi connectivity index (χ4v) is 3.90. The van der Waals surface area contributed by atoms with Crippen molar-refractivity contribution >= 4 is 26.9 Å². The van der Waals surface area contributed by atoms with Crippen LogP contribution >= 0.6 is 0 Å². The van der Waals surface area contributed by atoms with Crippen LogP contribution in [0.25, 0.3) is 0 Å². The SMILES string of the molecule is Nc1cc([N+](=O)[O-])ccc1NCC1CCCS1(=O)=O. The van der Waals surface area contributed by atoms with Crippen LogP contribution in [0.15, 0.2) is 18.2 Å². The second-order valence-corrected chi connectivity index (χ2v) is 6.94. The first-order chi connectivity index (χ1) is 8.90. The van der Waals surface area contributed by atoms with Gasteiger partial charge in [0.25, 0.3) is 5.69 Å². The molecule has 19 heavy (non-hydrogen) atoms. The van der Waals surface area contributed by atoms with Crippen LogP contribution in [0, 0.1) is 10.1 Å². The molecule has 1 aliphatic rings. The Bertz CT molecular complexity index is 600. The lowest BCUT2D eigenvalue weighted by Crippen LogP contribution is -2.25. The zero-order valence-corrected chi connectivity index (χ0v) is 11.0. The highest BCUT2D eigenvalue weighted by Gasteiger charge is 2.30. The van der Waals surface area contributed by atoms with Crippen molar-refractivity contribution in [2.75, 3.05) is 23.3 Å². The van der Waals surface area contributed by atoms with Gasteiger partial charge >= 0.3 is 0 Å². The largest absolute Gasteiger partial charge is 0.397 e. The number of nitro groups is 1. The van der Waals surface area contributed by atoms with Crippen molar-refractivity contribution in [1.29, 1.82) is 0 Å². The topological polar surface area (TPSA) is 115 Å². The van der Waals surface area contributed by atoms with Crippen LogP contribution in [0.5, 0.6) is 0 Å². The Morgan fingerprint density at radius 3 is 2.74 bits per heavy atom. The van der Waals surface area contributed by atoms with Gasteiger partial charge in [0.1, 0.15) is 0 Å². The lowest BCUT2D eigenvalue weighted by molar-refractivity contribution is -0.384. The maximum atomic E-state index is 11.7. The second kappa shape index (κ2) is 5.04. The number of nitrogens with zero attached hydrogens (tertiary/aromatic N) is 1. The Morgan fingerprint density at radius 2 is 2.21 bits per heavy atom. The Hall–Kier alpha value is -1.83. The molecule has 1 aliphatic heterocycles. The van der Waals surface area contributed by atoms with Crippen molar-refractivity contribution in [1.82, 2.24) is 0 Å². The number of hydrogen-bond donors (Lipinski definition) is 2. The molecule has 1 aromatic rings. The number of nitrogen functional groups attached to an aromatic ring is 1. The van der Waals surface area contributed by atoms with Crippen molar-refractivity contribution in [2.24, 2.45) is 0 Å². The van der Waals surface area contributed by atoms with Gasteiger partial charge in [0, 0.05) is 18.7 Å². The molecule has 0 bridgehead atoms. The molecule has 0 aromatic heterocycles. The van der Waals surface area contributed by atoms with E-state index in [1.807, 2.05) is 0 Å². The highest BCUT2D eigenvalue weighted by atomic mass is 32.2. The Kier molecular flexibility index (Phi) is 3.61. The van der Waals surface area contributed by atoms with E-state index >= 15 is 0 Å². The number of nitrogens with one attached hydrogen (secondary N) is 1. The van der Waals surface area contributed by atoms with Gasteiger partial charge < -0.3 is 11.1 Å². The van der Waals surface area contributed by atoms with E-state index in [-0.39, 0.29) is 23.7 Å². The number of benzene rings is 1. The summed E-state index contributed by atoms with van der Waals surface area (Å²) >= 11 is 0. The summed E-state index contributed by atoms with van der Waals surface area (Å²) in [5, 5.41) is 13.1. The minimum absolute atomic E-state index is 0.0865. The molecule has 8 heteroatoms. The molecule has 7 nitrogen and oxygen atoms in total. The minimum Gasteiger partial charge on any atom is -0.397 e. The molecule has 104 valence electrons. The number of nitrogens with two attached hydrogens (primary N) is 1. The molecular weight excluding hydrogens is 270 g/mol. The van der Waals surface area contributed by atoms with E-state index in [4.69, 9.17) is 5.73 Å². The third-order valence-corrected chi connectivity index (χ3v) is 5.50. The number of nitro benzene ring substituents is 1. The van der Waals surface area contributed by atoms with Gasteiger partial charge in [-0.15, -0.1) is 0 Å². The molecule has 0 aliphatic carbocycles. The third kappa shape index (κ3) is 2.95. The molecule has 3 N–H and O–H groups in total. The van der Waals surface area contributed by atoms with E-state index < -0.39 is 20.0 Å². The minimum atomic E-state index is -3.00. The van der Waals surface area contributed by atoms with Crippen molar-refractivity contribution in [3.05, 3.63) is 28.3 Å². The van der Waals surface area contributed by atoms with E-state index in [1.54, 1.807) is 0 Å². The summed E-state index contributed by atoms with van der Waals surface area (Å²) in [4.78, 5) is 10.0. The number of rotatable bonds is 4. The summed E-state index contributed by atoms with van der Waals surface area (Å²) in [7, 11) is -3.00. The number of anilines is 2. The molecule has 0 saturated carbocycles. The summed E-state index contributed by atoms with van der Waals surface area (Å²) in [6.45, 7) is 0.282. The quantitative estimate of drug-likeness (QED) is 0.487. The van der Waals surface area contributed by atoms with Gasteiger partial charge in [-0.25, -0.2) is 8.42 Å². The van der Waals surface area contributed by atoms with E-state index in [0.717, 1.165) is 0 Å². The van der Waals surface area contributed by atoms with Gasteiger partial charge in [-0.2, -0.15) is 0 Å². The average molecular weight is 285 g/mol. The predicted octanol–water partition coefficient (Wildman–Crippen LogP) is 1.17. The molecule has 1 fully saturated rings. The highest BCUT2D eigenvalue weighted by molar-refractivity contribution is 7.92. The third-order valence-electron chi connectivity index (χ3n) is 3.23. The Balaban J connectivity index is 2.06. The molecule has 0 spiro atoms. The first kappa shape index (κ1) is 13.6. The van der Waals surface area contributed by atoms with Crippen molar-refractivity contribution in [3.63, 3.8) is 0 Å². The van der Waals surface area contributed by atoms with Gasteiger partial charge in [0.05, 0.1) is 27.3 Å². The standard InChI is InChI=1S/C11H15N3O4S/c12-10-6-8(14(15)16)3-4-11(10)13-7-9-2-1-5-19(9,17)18/h3-4,6,9,13H,1-2,5,7,12H2. The Labute approximate surface area is 110 Å². The maximum absolute atomic E-state index is 11.7. The molecule has 2 rings (SSSR count). The van der Waals surface area contributed by atoms with Crippen LogP contribution in [0.2, 0.25) is 0 Å². The fraction of sp³-hybridized carbons (Fsp3) is 0.455. The fourth-order valence-electron chi connectivity index (χ4n) is 2.14. The summed E-state index contributed by atoms with van der Waals surface area (Å²) < 4.78 is 23.3. The van der Waals surface area contributed by atoms with Gasteiger partial charge in [0.15, 0.2) is 9.84 Å². The van der Waals surface area contributed by atoms with Gasteiger partial charge in [-0.05, 0) is 18.9 Å². The summed E-state index contributed by atoms with van der Waals surface area (Å²) in [5.41, 5.74) is 6.37. The van der Waals surface area contributed by atoms with Crippen LogP contribution in [-0.2, 0) is 9.84 Å². The smallest absolute Gasteiger partial charge is 0.271 e. The van der Waals surface area contributed by atoms with Gasteiger partial charge in [-0.3, -0.25) is 10.1 Å². The van der Waals surface area contributed by atoms with E-state index in [1.165, 1.54) is 18.2 Å². The van der Waals surface area contributed by atoms with E-state index in [0.29, 0.717) is 18.5 Å². The number of hydrogen-bond acceptors (Lipinski definition) is 6. The summed E-state index contributed by atoms with van der Waals surface area (Å²) in [6.07, 6.45) is 1.33. The van der Waals surface area contributed by atoms with Crippen molar-refractivity contribution in [2.45, 2.75) is 18.1 Å². The summed E-state index contributed by atoms with van der Waals surface area (Å²) in [5.74, 6) is 0.231. The van der Waals surface area contributed by atoms with Crippen LogP contribution < -0.4 is 11.1 Å². The van der Waals surface area contributed by atoms with Gasteiger partial charge in [-0.1, -0.05) is 0 Å². The van der Waals surface area contributed by atoms with Crippen LogP contribution in [0.1, 0.15) is 12.8 Å². The van der Waals surface area contributed by atoms with Crippen LogP contribution in [-0.4, -0.2) is 30.9 Å². The molecular formula is C11H15N3O4S. The van der Waals surface area contributed by atoms with E-state index in [9.17, 15) is 18.5 Å². The van der Waals surface area contributed by atoms with Crippen molar-refractivity contribution in [3.8, 4) is 0 Å². The van der Waals surface area contributed by atoms with Crippen molar-refractivity contribution < 1.29 is 13.3 Å². The first-order valence-electron chi connectivity index (χ1n) is 5.89. The Morgan fingerprint density at radius 1 is 1.47 bits per heavy atom. The zero-order valence-electron chi connectivity index (χ0n) is 10.2. The van der Waals surface area contributed by atoms with E-state index in [2.05, 4.69) is 5.32 Å². The average Bonchev–Trinajstić information content (AvgIpc) is 2.66. The first-order valence-corrected chi connectivity index (χ1v) is 7.61. The number of sulfone groups is 1. The highest BCUT2D eigenvalue weighted by Crippen LogP contribution is 2.26. The molecule has 1 heterocycles. The molecule has 1 atom stereocenters. The predicted molar refractivity (Wildman–Crippen MR) is 72.8 cm³/mol. The summed E-state index contributed by atoms with van der Waals surface area (Å²) in [6, 6.07) is 4.09. The van der Waals surface area contributed by atoms with Gasteiger partial charge in [0.2, 0.25) is 0 Å². The normalized spacial score (nSPS) is 21.2. The monoisotopic (exact) mass is 285 g/mol. The lowest BCUT2D eigenvalue weighted by Gasteiger charge is -2.13. The molecule has 1 unspecified atom stereocenters. The second-order valence-electron chi connectivity index (χ2n) is 4.54. The molecule has 1 aromatic carbocycles. The maximum Gasteiger partial charge on any atom is 0.271 e.